The zero-order valence-electron chi connectivity index (χ0n) is 30.9. The second kappa shape index (κ2) is 14.6. The van der Waals surface area contributed by atoms with E-state index in [-0.39, 0.29) is 27.9 Å². The van der Waals surface area contributed by atoms with Crippen LogP contribution in [-0.4, -0.2) is 61.0 Å². The average Bonchev–Trinajstić information content (AvgIpc) is 2.88. The lowest BCUT2D eigenvalue weighted by atomic mass is 9.99. The third-order valence-corrected chi connectivity index (χ3v) is 18.6. The summed E-state index contributed by atoms with van der Waals surface area (Å²) in [5.74, 6) is 5.91. The molecule has 2 aromatic rings. The predicted molar refractivity (Wildman–Crippen MR) is 198 cm³/mol. The molecule has 11 heteroatoms. The highest BCUT2D eigenvalue weighted by atomic mass is 28.4. The maximum atomic E-state index is 6.60. The number of aromatic nitrogens is 2. The SMILES string of the molecule is COc1cc(C(C)C)c(Oc2cnc(NC(CO[Si](C)(C)C(C)(C)C)CO[Si](C)(C)C(C)(C)C)nc2N)cc1C#C[Si](C)(C)C. The molecule has 0 unspecified atom stereocenters. The molecule has 0 spiro atoms. The van der Waals surface area contributed by atoms with E-state index in [0.29, 0.717) is 30.7 Å². The van der Waals surface area contributed by atoms with E-state index in [0.717, 1.165) is 16.9 Å². The predicted octanol–water partition coefficient (Wildman–Crippen LogP) is 9.04. The van der Waals surface area contributed by atoms with Crippen molar-refractivity contribution in [3.63, 3.8) is 0 Å². The summed E-state index contributed by atoms with van der Waals surface area (Å²) < 4.78 is 25.3. The maximum absolute atomic E-state index is 6.60. The van der Waals surface area contributed by atoms with Gasteiger partial charge in [-0.15, -0.1) is 5.54 Å². The number of nitrogens with two attached hydrogens (primary N) is 1. The van der Waals surface area contributed by atoms with E-state index in [9.17, 15) is 0 Å². The molecule has 3 N–H and O–H groups in total. The highest BCUT2D eigenvalue weighted by Gasteiger charge is 2.40. The van der Waals surface area contributed by atoms with E-state index >= 15 is 0 Å². The second-order valence-corrected chi connectivity index (χ2v) is 30.6. The molecule has 0 radical (unpaired) electrons. The van der Waals surface area contributed by atoms with Crippen LogP contribution in [0.3, 0.4) is 0 Å². The Hall–Kier alpha value is -2.37. The fourth-order valence-corrected chi connectivity index (χ4v) is 6.26. The molecule has 0 aliphatic heterocycles. The van der Waals surface area contributed by atoms with Crippen molar-refractivity contribution in [3.8, 4) is 28.7 Å². The van der Waals surface area contributed by atoms with E-state index in [2.05, 4.69) is 128 Å². The van der Waals surface area contributed by atoms with Gasteiger partial charge in [-0.1, -0.05) is 81.0 Å². The molecule has 1 aromatic carbocycles. The molecule has 0 atom stereocenters. The Morgan fingerprint density at radius 1 is 0.844 bits per heavy atom. The molecule has 0 aliphatic rings. The molecule has 0 bridgehead atoms. The Kier molecular flexibility index (Phi) is 12.6. The van der Waals surface area contributed by atoms with Crippen molar-refractivity contribution in [1.29, 1.82) is 0 Å². The number of ether oxygens (including phenoxy) is 2. The number of methoxy groups -OCH3 is 1. The third-order valence-electron chi connectivity index (χ3n) is 8.77. The van der Waals surface area contributed by atoms with Gasteiger partial charge in [-0.2, -0.15) is 4.98 Å². The zero-order chi connectivity index (χ0) is 34.6. The highest BCUT2D eigenvalue weighted by Crippen LogP contribution is 2.39. The number of benzene rings is 1. The molecular formula is C34H60N4O4Si3. The largest absolute Gasteiger partial charge is 0.495 e. The average molecular weight is 673 g/mol. The smallest absolute Gasteiger partial charge is 0.225 e. The Morgan fingerprint density at radius 3 is 1.80 bits per heavy atom. The van der Waals surface area contributed by atoms with Crippen molar-refractivity contribution in [3.05, 3.63) is 29.5 Å². The van der Waals surface area contributed by atoms with E-state index in [1.165, 1.54) is 0 Å². The lowest BCUT2D eigenvalue weighted by Gasteiger charge is -2.39. The van der Waals surface area contributed by atoms with E-state index < -0.39 is 24.7 Å². The van der Waals surface area contributed by atoms with Gasteiger partial charge in [0.2, 0.25) is 5.95 Å². The third kappa shape index (κ3) is 11.1. The molecule has 0 saturated heterocycles. The van der Waals surface area contributed by atoms with Crippen molar-refractivity contribution < 1.29 is 18.3 Å². The summed E-state index contributed by atoms with van der Waals surface area (Å²) in [5, 5.41) is 3.63. The Labute approximate surface area is 276 Å². The van der Waals surface area contributed by atoms with Crippen molar-refractivity contribution in [2.45, 2.75) is 123 Å². The molecule has 0 aliphatic carbocycles. The number of rotatable bonds is 12. The van der Waals surface area contributed by atoms with Crippen LogP contribution in [0, 0.1) is 11.5 Å². The van der Waals surface area contributed by atoms with Crippen molar-refractivity contribution >= 4 is 36.5 Å². The number of anilines is 2. The normalized spacial score (nSPS) is 13.1. The highest BCUT2D eigenvalue weighted by molar-refractivity contribution is 6.83. The summed E-state index contributed by atoms with van der Waals surface area (Å²) in [4.78, 5) is 9.19. The molecule has 1 aromatic heterocycles. The molecule has 252 valence electrons. The van der Waals surface area contributed by atoms with Crippen molar-refractivity contribution in [2.75, 3.05) is 31.4 Å². The molecule has 2 rings (SSSR count). The summed E-state index contributed by atoms with van der Waals surface area (Å²) in [6.07, 6.45) is 1.62. The van der Waals surface area contributed by atoms with E-state index in [4.69, 9.17) is 24.1 Å². The van der Waals surface area contributed by atoms with Crippen LogP contribution in [0.25, 0.3) is 0 Å². The maximum Gasteiger partial charge on any atom is 0.225 e. The van der Waals surface area contributed by atoms with Gasteiger partial charge in [-0.25, -0.2) is 4.98 Å². The van der Waals surface area contributed by atoms with Crippen LogP contribution in [0.4, 0.5) is 11.8 Å². The lowest BCUT2D eigenvalue weighted by Crippen LogP contribution is -2.47. The number of hydrogen-bond acceptors (Lipinski definition) is 8. The number of nitrogen functional groups attached to an aromatic ring is 1. The van der Waals surface area contributed by atoms with Gasteiger partial charge >= 0.3 is 0 Å². The molecule has 8 nitrogen and oxygen atoms in total. The summed E-state index contributed by atoms with van der Waals surface area (Å²) in [7, 11) is -3.91. The second-order valence-electron chi connectivity index (χ2n) is 16.3. The minimum atomic E-state index is -1.99. The first-order valence-electron chi connectivity index (χ1n) is 16.0. The zero-order valence-corrected chi connectivity index (χ0v) is 33.9. The van der Waals surface area contributed by atoms with Gasteiger partial charge in [0.1, 0.15) is 19.6 Å². The van der Waals surface area contributed by atoms with Gasteiger partial charge in [0, 0.05) is 11.6 Å². The molecule has 0 fully saturated rings. The molecule has 0 saturated carbocycles. The summed E-state index contributed by atoms with van der Waals surface area (Å²) in [6.45, 7) is 34.3. The van der Waals surface area contributed by atoms with Crippen molar-refractivity contribution in [1.82, 2.24) is 9.97 Å². The van der Waals surface area contributed by atoms with Crippen LogP contribution >= 0.6 is 0 Å². The first-order chi connectivity index (χ1) is 20.4. The Morgan fingerprint density at radius 2 is 1.38 bits per heavy atom. The van der Waals surface area contributed by atoms with E-state index in [1.807, 2.05) is 12.1 Å². The number of nitrogens with one attached hydrogen (secondary N) is 1. The summed E-state index contributed by atoms with van der Waals surface area (Å²) in [6, 6.07) is 3.77. The van der Waals surface area contributed by atoms with E-state index in [1.54, 1.807) is 13.3 Å². The molecule has 45 heavy (non-hydrogen) atoms. The minimum absolute atomic E-state index is 0.0914. The van der Waals surface area contributed by atoms with Gasteiger partial charge in [-0.05, 0) is 48.2 Å². The lowest BCUT2D eigenvalue weighted by molar-refractivity contribution is 0.206. The standard InChI is InChI=1S/C34H60N4O4Si3/c1-24(2)27-20-28(39-9)25(17-18-43(10,11)12)19-29(27)42-30-21-36-32(38-31(30)35)37-26(22-40-44(13,14)33(3,4)5)23-41-45(15,16)34(6,7)8/h19-21,24,26H,22-23H2,1-16H3,(H3,35,36,37,38). The monoisotopic (exact) mass is 672 g/mol. The summed E-state index contributed by atoms with van der Waals surface area (Å²) >= 11 is 0. The van der Waals surface area contributed by atoms with Crippen molar-refractivity contribution in [2.24, 2.45) is 0 Å². The van der Waals surface area contributed by atoms with Gasteiger partial charge < -0.3 is 29.4 Å². The van der Waals surface area contributed by atoms with Gasteiger partial charge in [-0.3, -0.25) is 0 Å². The summed E-state index contributed by atoms with van der Waals surface area (Å²) in [5.41, 5.74) is 11.7. The van der Waals surface area contributed by atoms with Crippen LogP contribution in [0.5, 0.6) is 17.2 Å². The van der Waals surface area contributed by atoms with Crippen LogP contribution in [-0.2, 0) is 8.85 Å². The van der Waals surface area contributed by atoms with Crippen LogP contribution in [0.1, 0.15) is 72.4 Å². The van der Waals surface area contributed by atoms with Crippen LogP contribution in [0.2, 0.25) is 55.9 Å². The quantitative estimate of drug-likeness (QED) is 0.170. The minimum Gasteiger partial charge on any atom is -0.495 e. The topological polar surface area (TPSA) is 101 Å². The molecule has 1 heterocycles. The Bertz CT molecular complexity index is 1330. The number of nitrogens with zero attached hydrogens (tertiary/aromatic N) is 2. The fourth-order valence-electron chi connectivity index (χ4n) is 3.65. The Balaban J connectivity index is 2.40. The van der Waals surface area contributed by atoms with Gasteiger partial charge in [0.15, 0.2) is 28.2 Å². The van der Waals surface area contributed by atoms with Gasteiger partial charge in [0.25, 0.3) is 0 Å². The molecular weight excluding hydrogens is 613 g/mol. The van der Waals surface area contributed by atoms with Crippen LogP contribution in [0.15, 0.2) is 18.3 Å². The van der Waals surface area contributed by atoms with Gasteiger partial charge in [0.05, 0.1) is 38.1 Å². The first-order valence-corrected chi connectivity index (χ1v) is 25.3. The first kappa shape index (κ1) is 38.8. The van der Waals surface area contributed by atoms with Crippen LogP contribution < -0.4 is 20.5 Å². The number of hydrogen-bond donors (Lipinski definition) is 2. The molecule has 0 amide bonds. The fraction of sp³-hybridized carbons (Fsp3) is 0.647.